The number of sulfone groups is 1. The molecule has 0 saturated carbocycles. The minimum absolute atomic E-state index is 0.102. The van der Waals surface area contributed by atoms with Crippen molar-refractivity contribution in [2.75, 3.05) is 31.9 Å². The molecular formula is C17H22N4O4S. The Hall–Kier alpha value is -2.13. The minimum atomic E-state index is -2.86. The lowest BCUT2D eigenvalue weighted by atomic mass is 10.2. The molecule has 0 radical (unpaired) electrons. The summed E-state index contributed by atoms with van der Waals surface area (Å²) >= 11 is 0. The predicted molar refractivity (Wildman–Crippen MR) is 95.1 cm³/mol. The average Bonchev–Trinajstić information content (AvgIpc) is 3.32. The fourth-order valence-electron chi connectivity index (χ4n) is 3.41. The number of ether oxygens (including phenoxy) is 2. The third kappa shape index (κ3) is 3.68. The second-order valence-electron chi connectivity index (χ2n) is 6.81. The fourth-order valence-corrected chi connectivity index (χ4v) is 5.21. The highest BCUT2D eigenvalue weighted by Crippen LogP contribution is 2.32. The van der Waals surface area contributed by atoms with Crippen molar-refractivity contribution in [3.63, 3.8) is 0 Å². The molecule has 2 aliphatic rings. The standard InChI is InChI=1S/C17H22N4O4S/c1-20(14-5-7-26(22,23)10-14)6-4-17-18-11-19-21(17)9-13-2-3-15-16(8-13)25-12-24-15/h2-3,8,11,14H,4-7,9-10,12H2,1H3/t14-/m0/s1. The van der Waals surface area contributed by atoms with E-state index in [0.29, 0.717) is 18.7 Å². The smallest absolute Gasteiger partial charge is 0.231 e. The van der Waals surface area contributed by atoms with Gasteiger partial charge in [-0.2, -0.15) is 5.10 Å². The summed E-state index contributed by atoms with van der Waals surface area (Å²) in [5.74, 6) is 2.96. The van der Waals surface area contributed by atoms with Gasteiger partial charge in [-0.05, 0) is 31.2 Å². The zero-order chi connectivity index (χ0) is 18.1. The lowest BCUT2D eigenvalue weighted by Gasteiger charge is -2.22. The van der Waals surface area contributed by atoms with Gasteiger partial charge in [0.25, 0.3) is 0 Å². The monoisotopic (exact) mass is 378 g/mol. The molecule has 0 bridgehead atoms. The Kier molecular flexibility index (Phi) is 4.58. The molecule has 0 amide bonds. The molecule has 0 unspecified atom stereocenters. The van der Waals surface area contributed by atoms with Gasteiger partial charge in [0.2, 0.25) is 6.79 Å². The molecule has 1 aromatic heterocycles. The van der Waals surface area contributed by atoms with Gasteiger partial charge < -0.3 is 14.4 Å². The fraction of sp³-hybridized carbons (Fsp3) is 0.529. The normalized spacial score (nSPS) is 20.8. The van der Waals surface area contributed by atoms with Gasteiger partial charge in [-0.1, -0.05) is 6.07 Å². The van der Waals surface area contributed by atoms with E-state index < -0.39 is 9.84 Å². The molecule has 0 N–H and O–H groups in total. The van der Waals surface area contributed by atoms with Crippen LogP contribution in [-0.2, 0) is 22.8 Å². The number of rotatable bonds is 6. The van der Waals surface area contributed by atoms with Crippen molar-refractivity contribution in [3.05, 3.63) is 35.9 Å². The number of hydrogen-bond donors (Lipinski definition) is 0. The van der Waals surface area contributed by atoms with E-state index in [1.54, 1.807) is 6.33 Å². The summed E-state index contributed by atoms with van der Waals surface area (Å²) in [6, 6.07) is 5.96. The Bertz CT molecular complexity index is 896. The lowest BCUT2D eigenvalue weighted by Crippen LogP contribution is -2.34. The molecule has 4 rings (SSSR count). The van der Waals surface area contributed by atoms with E-state index in [2.05, 4.69) is 15.0 Å². The first kappa shape index (κ1) is 17.3. The van der Waals surface area contributed by atoms with Crippen LogP contribution in [0.2, 0.25) is 0 Å². The molecule has 0 spiro atoms. The average molecular weight is 378 g/mol. The SMILES string of the molecule is CN(CCc1ncnn1Cc1ccc2c(c1)OCO2)[C@H]1CCS(=O)(=O)C1. The highest BCUT2D eigenvalue weighted by Gasteiger charge is 2.30. The first-order valence-corrected chi connectivity index (χ1v) is 10.5. The van der Waals surface area contributed by atoms with Crippen LogP contribution >= 0.6 is 0 Å². The highest BCUT2D eigenvalue weighted by molar-refractivity contribution is 7.91. The number of likely N-dealkylation sites (N-methyl/N-ethyl adjacent to an activating group) is 1. The van der Waals surface area contributed by atoms with E-state index in [-0.39, 0.29) is 18.6 Å². The molecule has 2 aromatic rings. The maximum absolute atomic E-state index is 11.6. The van der Waals surface area contributed by atoms with Crippen LogP contribution in [0.1, 0.15) is 17.8 Å². The van der Waals surface area contributed by atoms with Gasteiger partial charge >= 0.3 is 0 Å². The highest BCUT2D eigenvalue weighted by atomic mass is 32.2. The number of hydrogen-bond acceptors (Lipinski definition) is 7. The number of benzene rings is 1. The molecule has 1 atom stereocenters. The van der Waals surface area contributed by atoms with Gasteiger partial charge in [0.05, 0.1) is 18.1 Å². The Morgan fingerprint density at radius 1 is 1.31 bits per heavy atom. The zero-order valence-electron chi connectivity index (χ0n) is 14.7. The first-order chi connectivity index (χ1) is 12.5. The van der Waals surface area contributed by atoms with Gasteiger partial charge in [-0.25, -0.2) is 18.1 Å². The van der Waals surface area contributed by atoms with Gasteiger partial charge in [0, 0.05) is 19.0 Å². The Labute approximate surface area is 152 Å². The quantitative estimate of drug-likeness (QED) is 0.732. The van der Waals surface area contributed by atoms with Crippen LogP contribution in [0.3, 0.4) is 0 Å². The zero-order valence-corrected chi connectivity index (χ0v) is 15.5. The second-order valence-corrected chi connectivity index (χ2v) is 9.04. The van der Waals surface area contributed by atoms with E-state index in [4.69, 9.17) is 9.47 Å². The van der Waals surface area contributed by atoms with Crippen LogP contribution in [0.4, 0.5) is 0 Å². The third-order valence-electron chi connectivity index (χ3n) is 4.98. The maximum Gasteiger partial charge on any atom is 0.231 e. The molecule has 1 saturated heterocycles. The molecule has 1 aromatic carbocycles. The lowest BCUT2D eigenvalue weighted by molar-refractivity contribution is 0.174. The molecule has 3 heterocycles. The van der Waals surface area contributed by atoms with Gasteiger partial charge in [-0.3, -0.25) is 0 Å². The Morgan fingerprint density at radius 2 is 2.15 bits per heavy atom. The van der Waals surface area contributed by atoms with Crippen molar-refractivity contribution in [1.82, 2.24) is 19.7 Å². The van der Waals surface area contributed by atoms with Gasteiger partial charge in [0.15, 0.2) is 21.3 Å². The van der Waals surface area contributed by atoms with E-state index in [9.17, 15) is 8.42 Å². The third-order valence-corrected chi connectivity index (χ3v) is 6.74. The molecular weight excluding hydrogens is 356 g/mol. The van der Waals surface area contributed by atoms with Gasteiger partial charge in [0.1, 0.15) is 12.2 Å². The number of aromatic nitrogens is 3. The minimum Gasteiger partial charge on any atom is -0.454 e. The molecule has 9 heteroatoms. The summed E-state index contributed by atoms with van der Waals surface area (Å²) < 4.78 is 35.9. The molecule has 140 valence electrons. The van der Waals surface area contributed by atoms with Crippen molar-refractivity contribution in [2.45, 2.75) is 25.4 Å². The van der Waals surface area contributed by atoms with E-state index in [1.165, 1.54) is 0 Å². The summed E-state index contributed by atoms with van der Waals surface area (Å²) in [7, 11) is -0.887. The van der Waals surface area contributed by atoms with E-state index in [0.717, 1.165) is 35.9 Å². The molecule has 2 aliphatic heterocycles. The molecule has 0 aliphatic carbocycles. The predicted octanol–water partition coefficient (Wildman–Crippen LogP) is 0.716. The first-order valence-electron chi connectivity index (χ1n) is 8.66. The van der Waals surface area contributed by atoms with E-state index >= 15 is 0 Å². The van der Waals surface area contributed by atoms with Crippen LogP contribution < -0.4 is 9.47 Å². The van der Waals surface area contributed by atoms with Crippen LogP contribution in [0.15, 0.2) is 24.5 Å². The summed E-state index contributed by atoms with van der Waals surface area (Å²) in [5.41, 5.74) is 1.07. The summed E-state index contributed by atoms with van der Waals surface area (Å²) in [6.45, 7) is 1.62. The summed E-state index contributed by atoms with van der Waals surface area (Å²) in [5, 5.41) is 4.32. The number of fused-ring (bicyclic) bond motifs is 1. The van der Waals surface area contributed by atoms with Crippen molar-refractivity contribution in [1.29, 1.82) is 0 Å². The van der Waals surface area contributed by atoms with Crippen molar-refractivity contribution in [2.24, 2.45) is 0 Å². The largest absolute Gasteiger partial charge is 0.454 e. The molecule has 1 fully saturated rings. The van der Waals surface area contributed by atoms with Crippen LogP contribution in [0.5, 0.6) is 11.5 Å². The van der Waals surface area contributed by atoms with Crippen LogP contribution in [0.25, 0.3) is 0 Å². The van der Waals surface area contributed by atoms with E-state index in [1.807, 2.05) is 29.9 Å². The van der Waals surface area contributed by atoms with Crippen LogP contribution in [0, 0.1) is 0 Å². The van der Waals surface area contributed by atoms with Crippen molar-refractivity contribution < 1.29 is 17.9 Å². The Morgan fingerprint density at radius 3 is 2.96 bits per heavy atom. The molecule has 8 nitrogen and oxygen atoms in total. The van der Waals surface area contributed by atoms with Crippen molar-refractivity contribution >= 4 is 9.84 Å². The van der Waals surface area contributed by atoms with Crippen molar-refractivity contribution in [3.8, 4) is 11.5 Å². The number of nitrogens with zero attached hydrogens (tertiary/aromatic N) is 4. The molecule has 26 heavy (non-hydrogen) atoms. The summed E-state index contributed by atoms with van der Waals surface area (Å²) in [6.07, 6.45) is 2.99. The van der Waals surface area contributed by atoms with Crippen LogP contribution in [-0.4, -0.2) is 66.0 Å². The topological polar surface area (TPSA) is 86.6 Å². The maximum atomic E-state index is 11.6. The summed E-state index contributed by atoms with van der Waals surface area (Å²) in [4.78, 5) is 6.48. The Balaban J connectivity index is 1.38. The second kappa shape index (κ2) is 6.88. The van der Waals surface area contributed by atoms with Gasteiger partial charge in [-0.15, -0.1) is 0 Å².